The quantitative estimate of drug-likeness (QED) is 0.804. The minimum absolute atomic E-state index is 0.442. The third kappa shape index (κ3) is 3.45. The molecular weight excluding hydrogens is 228 g/mol. The highest BCUT2D eigenvalue weighted by Crippen LogP contribution is 2.17. The van der Waals surface area contributed by atoms with Gasteiger partial charge in [-0.3, -0.25) is 0 Å². The molecule has 1 N–H and O–H groups in total. The molecule has 102 valence electrons. The lowest BCUT2D eigenvalue weighted by Gasteiger charge is -2.13. The van der Waals surface area contributed by atoms with Crippen LogP contribution in [-0.4, -0.2) is 35.8 Å². The lowest BCUT2D eigenvalue weighted by molar-refractivity contribution is 0.353. The highest BCUT2D eigenvalue weighted by molar-refractivity contribution is 5.28. The van der Waals surface area contributed by atoms with Crippen LogP contribution in [0, 0.1) is 0 Å². The van der Waals surface area contributed by atoms with Gasteiger partial charge in [-0.25, -0.2) is 0 Å². The smallest absolute Gasteiger partial charge is 0.266 e. The highest BCUT2D eigenvalue weighted by Gasteiger charge is 2.19. The molecule has 0 bridgehead atoms. The van der Waals surface area contributed by atoms with E-state index in [-0.39, 0.29) is 0 Å². The van der Waals surface area contributed by atoms with E-state index in [1.54, 1.807) is 0 Å². The van der Waals surface area contributed by atoms with E-state index in [9.17, 15) is 0 Å². The monoisotopic (exact) mass is 252 g/mol. The van der Waals surface area contributed by atoms with Gasteiger partial charge in [0.05, 0.1) is 0 Å². The van der Waals surface area contributed by atoms with E-state index in [4.69, 9.17) is 4.52 Å². The summed E-state index contributed by atoms with van der Waals surface area (Å²) in [6.07, 6.45) is 5.54. The maximum atomic E-state index is 5.35. The van der Waals surface area contributed by atoms with Crippen molar-refractivity contribution < 1.29 is 4.52 Å². The molecule has 1 aliphatic rings. The van der Waals surface area contributed by atoms with Crippen molar-refractivity contribution in [2.24, 2.45) is 0 Å². The number of nitrogens with zero attached hydrogens (tertiary/aromatic N) is 3. The Balaban J connectivity index is 1.88. The van der Waals surface area contributed by atoms with E-state index in [0.29, 0.717) is 6.04 Å². The Morgan fingerprint density at radius 3 is 2.78 bits per heavy atom. The number of aromatic nitrogens is 2. The molecule has 2 heterocycles. The Labute approximate surface area is 109 Å². The van der Waals surface area contributed by atoms with Crippen LogP contribution in [-0.2, 0) is 6.42 Å². The molecule has 0 saturated carbocycles. The standard InChI is InChI=1S/C13H24N4O/c1-3-7-14-11(4-2)10-12-15-13(16-18-12)17-8-5-6-9-17/h11,14H,3-10H2,1-2H3. The molecule has 1 aromatic heterocycles. The normalized spacial score (nSPS) is 17.3. The fourth-order valence-electron chi connectivity index (χ4n) is 2.29. The molecule has 1 aromatic rings. The van der Waals surface area contributed by atoms with Crippen LogP contribution in [0.2, 0.25) is 0 Å². The van der Waals surface area contributed by atoms with Gasteiger partial charge in [-0.05, 0) is 37.4 Å². The zero-order valence-electron chi connectivity index (χ0n) is 11.5. The molecule has 0 aliphatic carbocycles. The van der Waals surface area contributed by atoms with Gasteiger partial charge in [-0.15, -0.1) is 0 Å². The Kier molecular flexibility index (Phi) is 4.99. The number of rotatable bonds is 7. The van der Waals surface area contributed by atoms with Crippen molar-refractivity contribution in [3.05, 3.63) is 5.89 Å². The van der Waals surface area contributed by atoms with Crippen LogP contribution in [0.25, 0.3) is 0 Å². The van der Waals surface area contributed by atoms with Crippen LogP contribution in [0.15, 0.2) is 4.52 Å². The van der Waals surface area contributed by atoms with Gasteiger partial charge in [-0.2, -0.15) is 4.98 Å². The summed E-state index contributed by atoms with van der Waals surface area (Å²) in [6.45, 7) is 7.53. The van der Waals surface area contributed by atoms with Crippen molar-refractivity contribution in [1.82, 2.24) is 15.5 Å². The van der Waals surface area contributed by atoms with E-state index in [1.165, 1.54) is 12.8 Å². The lowest BCUT2D eigenvalue weighted by Crippen LogP contribution is -2.31. The summed E-state index contributed by atoms with van der Waals surface area (Å²) in [5, 5.41) is 7.58. The molecule has 5 nitrogen and oxygen atoms in total. The first-order chi connectivity index (χ1) is 8.83. The van der Waals surface area contributed by atoms with Crippen LogP contribution in [0.5, 0.6) is 0 Å². The third-order valence-electron chi connectivity index (χ3n) is 3.44. The van der Waals surface area contributed by atoms with E-state index in [1.807, 2.05) is 0 Å². The maximum Gasteiger partial charge on any atom is 0.266 e. The minimum Gasteiger partial charge on any atom is -0.338 e. The average molecular weight is 252 g/mol. The summed E-state index contributed by atoms with van der Waals surface area (Å²) >= 11 is 0. The Morgan fingerprint density at radius 1 is 1.33 bits per heavy atom. The topological polar surface area (TPSA) is 54.2 Å². The summed E-state index contributed by atoms with van der Waals surface area (Å²) in [5.41, 5.74) is 0. The summed E-state index contributed by atoms with van der Waals surface area (Å²) < 4.78 is 5.35. The fourth-order valence-corrected chi connectivity index (χ4v) is 2.29. The first-order valence-corrected chi connectivity index (χ1v) is 7.14. The molecular formula is C13H24N4O. The fraction of sp³-hybridized carbons (Fsp3) is 0.846. The molecule has 1 fully saturated rings. The Hall–Kier alpha value is -1.10. The molecule has 0 radical (unpaired) electrons. The van der Waals surface area contributed by atoms with Gasteiger partial charge in [0, 0.05) is 25.6 Å². The molecule has 1 aliphatic heterocycles. The average Bonchev–Trinajstić information content (AvgIpc) is 3.04. The van der Waals surface area contributed by atoms with Crippen LogP contribution in [0.3, 0.4) is 0 Å². The first kappa shape index (κ1) is 13.3. The van der Waals surface area contributed by atoms with E-state index in [2.05, 4.69) is 34.2 Å². The van der Waals surface area contributed by atoms with Crippen LogP contribution in [0.4, 0.5) is 5.95 Å². The van der Waals surface area contributed by atoms with Gasteiger partial charge in [0.15, 0.2) is 0 Å². The zero-order valence-corrected chi connectivity index (χ0v) is 11.5. The predicted molar refractivity (Wildman–Crippen MR) is 71.8 cm³/mol. The van der Waals surface area contributed by atoms with Gasteiger partial charge >= 0.3 is 0 Å². The van der Waals surface area contributed by atoms with Crippen molar-refractivity contribution in [3.8, 4) is 0 Å². The summed E-state index contributed by atoms with van der Waals surface area (Å²) in [7, 11) is 0. The SMILES string of the molecule is CCCNC(CC)Cc1nc(N2CCCC2)no1. The molecule has 1 unspecified atom stereocenters. The second-order valence-electron chi connectivity index (χ2n) is 4.95. The van der Waals surface area contributed by atoms with Crippen molar-refractivity contribution in [2.75, 3.05) is 24.5 Å². The van der Waals surface area contributed by atoms with Gasteiger partial charge < -0.3 is 14.7 Å². The molecule has 5 heteroatoms. The number of hydrogen-bond donors (Lipinski definition) is 1. The van der Waals surface area contributed by atoms with E-state index < -0.39 is 0 Å². The molecule has 1 atom stereocenters. The van der Waals surface area contributed by atoms with Crippen molar-refractivity contribution in [3.63, 3.8) is 0 Å². The largest absolute Gasteiger partial charge is 0.338 e. The van der Waals surface area contributed by atoms with Gasteiger partial charge in [-0.1, -0.05) is 13.8 Å². The molecule has 0 aromatic carbocycles. The lowest BCUT2D eigenvalue weighted by atomic mass is 10.1. The Morgan fingerprint density at radius 2 is 2.11 bits per heavy atom. The molecule has 18 heavy (non-hydrogen) atoms. The van der Waals surface area contributed by atoms with Crippen LogP contribution < -0.4 is 10.2 Å². The van der Waals surface area contributed by atoms with Crippen LogP contribution >= 0.6 is 0 Å². The number of anilines is 1. The maximum absolute atomic E-state index is 5.35. The molecule has 0 spiro atoms. The second-order valence-corrected chi connectivity index (χ2v) is 4.95. The number of hydrogen-bond acceptors (Lipinski definition) is 5. The molecule has 2 rings (SSSR count). The van der Waals surface area contributed by atoms with Gasteiger partial charge in [0.2, 0.25) is 5.89 Å². The van der Waals surface area contributed by atoms with Gasteiger partial charge in [0.1, 0.15) is 0 Å². The molecule has 1 saturated heterocycles. The van der Waals surface area contributed by atoms with E-state index >= 15 is 0 Å². The van der Waals surface area contributed by atoms with Gasteiger partial charge in [0.25, 0.3) is 5.95 Å². The third-order valence-corrected chi connectivity index (χ3v) is 3.44. The summed E-state index contributed by atoms with van der Waals surface area (Å²) in [5.74, 6) is 1.53. The number of nitrogens with one attached hydrogen (secondary N) is 1. The highest BCUT2D eigenvalue weighted by atomic mass is 16.5. The van der Waals surface area contributed by atoms with Crippen molar-refractivity contribution in [2.45, 2.75) is 52.0 Å². The second kappa shape index (κ2) is 6.73. The zero-order chi connectivity index (χ0) is 12.8. The Bertz CT molecular complexity index is 347. The summed E-state index contributed by atoms with van der Waals surface area (Å²) in [6, 6.07) is 0.442. The van der Waals surface area contributed by atoms with Crippen LogP contribution in [0.1, 0.15) is 45.4 Å². The molecule has 0 amide bonds. The van der Waals surface area contributed by atoms with Crippen molar-refractivity contribution >= 4 is 5.95 Å². The summed E-state index contributed by atoms with van der Waals surface area (Å²) in [4.78, 5) is 6.70. The minimum atomic E-state index is 0.442. The van der Waals surface area contributed by atoms with E-state index in [0.717, 1.165) is 50.7 Å². The van der Waals surface area contributed by atoms with Crippen molar-refractivity contribution in [1.29, 1.82) is 0 Å². The predicted octanol–water partition coefficient (Wildman–Crippen LogP) is 1.99. The first-order valence-electron chi connectivity index (χ1n) is 7.14.